The third kappa shape index (κ3) is 4.69. The minimum absolute atomic E-state index is 0.0416. The summed E-state index contributed by atoms with van der Waals surface area (Å²) in [6, 6.07) is 12.1. The molecule has 2 aromatic carbocycles. The smallest absolute Gasteiger partial charge is 0.245 e. The van der Waals surface area contributed by atoms with Crippen LogP contribution in [0.15, 0.2) is 67.5 Å². The molecule has 9 heteroatoms. The normalized spacial score (nSPS) is 17.2. The number of hydrogen-bond donors (Lipinski definition) is 0. The highest BCUT2D eigenvalue weighted by Gasteiger charge is 2.32. The fourth-order valence-corrected chi connectivity index (χ4v) is 5.10. The fourth-order valence-electron chi connectivity index (χ4n) is 5.10. The number of benzene rings is 2. The van der Waals surface area contributed by atoms with Gasteiger partial charge >= 0.3 is 0 Å². The Morgan fingerprint density at radius 1 is 1.10 bits per heavy atom. The number of halogens is 1. The van der Waals surface area contributed by atoms with Crippen molar-refractivity contribution in [1.82, 2.24) is 19.3 Å². The van der Waals surface area contributed by atoms with Crippen LogP contribution in [0, 0.1) is 5.82 Å². The van der Waals surface area contributed by atoms with Crippen LogP contribution in [0.3, 0.4) is 0 Å². The lowest BCUT2D eigenvalue weighted by Gasteiger charge is -2.26. The Kier molecular flexibility index (Phi) is 6.64. The maximum absolute atomic E-state index is 14.6. The lowest BCUT2D eigenvalue weighted by Crippen LogP contribution is -2.27. The summed E-state index contributed by atoms with van der Waals surface area (Å²) in [6.45, 7) is 4.84. The van der Waals surface area contributed by atoms with E-state index in [4.69, 9.17) is 19.2 Å². The third-order valence-corrected chi connectivity index (χ3v) is 7.42. The van der Waals surface area contributed by atoms with Crippen LogP contribution >= 0.6 is 0 Å². The van der Waals surface area contributed by atoms with E-state index in [0.717, 1.165) is 48.3 Å². The van der Waals surface area contributed by atoms with Crippen LogP contribution in [0.4, 0.5) is 4.39 Å². The number of hydrogen-bond acceptors (Lipinski definition) is 6. The van der Waals surface area contributed by atoms with Gasteiger partial charge in [-0.25, -0.2) is 4.98 Å². The summed E-state index contributed by atoms with van der Waals surface area (Å²) in [5, 5.41) is 0. The van der Waals surface area contributed by atoms with Gasteiger partial charge in [0.1, 0.15) is 17.7 Å². The van der Waals surface area contributed by atoms with E-state index in [-0.39, 0.29) is 29.4 Å². The molecule has 1 saturated heterocycles. The highest BCUT2D eigenvalue weighted by molar-refractivity contribution is 5.87. The monoisotopic (exact) mass is 528 g/mol. The number of likely N-dealkylation sites (tertiary alicyclic amines) is 1. The van der Waals surface area contributed by atoms with E-state index in [1.165, 1.54) is 13.2 Å². The van der Waals surface area contributed by atoms with Gasteiger partial charge in [0.2, 0.25) is 17.6 Å². The highest BCUT2D eigenvalue weighted by atomic mass is 19.1. The van der Waals surface area contributed by atoms with Gasteiger partial charge < -0.3 is 19.1 Å². The van der Waals surface area contributed by atoms with Gasteiger partial charge in [0.15, 0.2) is 11.5 Å². The number of aromatic nitrogens is 3. The molecule has 1 saturated carbocycles. The first kappa shape index (κ1) is 24.9. The molecule has 1 aliphatic heterocycles. The zero-order valence-electron chi connectivity index (χ0n) is 21.7. The number of fused-ring (bicyclic) bond motifs is 1. The molecule has 39 heavy (non-hydrogen) atoms. The van der Waals surface area contributed by atoms with Crippen LogP contribution in [0.25, 0.3) is 16.8 Å². The zero-order chi connectivity index (χ0) is 26.9. The number of ether oxygens (including phenoxy) is 3. The van der Waals surface area contributed by atoms with Crippen LogP contribution < -0.4 is 14.2 Å². The Morgan fingerprint density at radius 2 is 1.90 bits per heavy atom. The molecular formula is C30H29FN4O4. The number of imidazole rings is 1. The Balaban J connectivity index is 1.35. The average molecular weight is 529 g/mol. The Labute approximate surface area is 225 Å². The van der Waals surface area contributed by atoms with Gasteiger partial charge in [-0.3, -0.25) is 14.2 Å². The number of carbonyl (C=O) groups is 1. The van der Waals surface area contributed by atoms with Crippen LogP contribution in [-0.4, -0.2) is 51.5 Å². The minimum Gasteiger partial charge on any atom is -0.494 e. The molecule has 6 rings (SSSR count). The van der Waals surface area contributed by atoms with Crippen LogP contribution in [-0.2, 0) is 4.79 Å². The number of methoxy groups -OCH3 is 1. The van der Waals surface area contributed by atoms with Crippen molar-refractivity contribution in [3.05, 3.63) is 79.2 Å². The maximum atomic E-state index is 14.6. The fraction of sp³-hybridized carbons (Fsp3) is 0.300. The van der Waals surface area contributed by atoms with Crippen molar-refractivity contribution in [1.29, 1.82) is 0 Å². The summed E-state index contributed by atoms with van der Waals surface area (Å²) in [5.41, 5.74) is 2.43. The van der Waals surface area contributed by atoms with Gasteiger partial charge in [0.25, 0.3) is 0 Å². The summed E-state index contributed by atoms with van der Waals surface area (Å²) in [6.07, 6.45) is 9.05. The molecule has 8 nitrogen and oxygen atoms in total. The number of rotatable bonds is 8. The van der Waals surface area contributed by atoms with Crippen molar-refractivity contribution >= 4 is 11.4 Å². The van der Waals surface area contributed by atoms with Gasteiger partial charge in [-0.05, 0) is 68.2 Å². The second-order valence-corrected chi connectivity index (χ2v) is 9.83. The van der Waals surface area contributed by atoms with E-state index in [9.17, 15) is 9.18 Å². The second-order valence-electron chi connectivity index (χ2n) is 9.83. The molecule has 1 aliphatic carbocycles. The van der Waals surface area contributed by atoms with Crippen molar-refractivity contribution in [2.24, 2.45) is 0 Å². The molecule has 200 valence electrons. The standard InChI is InChI=1S/C30H29FN4O4/c1-3-26(36)34-15-14-20(18-34)30-33-29(23-16-32-17-27(35(23)30)39-21-6-4-7-21)19-10-12-22(13-11-19)38-25-9-5-8-24(37-2)28(25)31/h3,5,8-13,16-17,20-21H,1,4,6-7,14-15,18H2,2H3/t20-/m1/s1. The van der Waals surface area contributed by atoms with E-state index >= 15 is 0 Å². The maximum Gasteiger partial charge on any atom is 0.245 e. The zero-order valence-corrected chi connectivity index (χ0v) is 21.7. The summed E-state index contributed by atoms with van der Waals surface area (Å²) in [4.78, 5) is 23.6. The molecule has 2 aliphatic rings. The number of carbonyl (C=O) groups excluding carboxylic acids is 1. The summed E-state index contributed by atoms with van der Waals surface area (Å²) in [5.74, 6) is 1.60. The quantitative estimate of drug-likeness (QED) is 0.270. The minimum atomic E-state index is -0.556. The highest BCUT2D eigenvalue weighted by Crippen LogP contribution is 2.37. The first-order valence-electron chi connectivity index (χ1n) is 13.1. The topological polar surface area (TPSA) is 78.2 Å². The molecule has 2 fully saturated rings. The Bertz CT molecular complexity index is 1530. The molecule has 0 spiro atoms. The van der Waals surface area contributed by atoms with Crippen molar-refractivity contribution in [2.45, 2.75) is 37.7 Å². The molecule has 0 unspecified atom stereocenters. The molecule has 0 bridgehead atoms. The summed E-state index contributed by atoms with van der Waals surface area (Å²) < 4.78 is 33.8. The van der Waals surface area contributed by atoms with Gasteiger partial charge in [0.05, 0.1) is 30.7 Å². The number of nitrogens with zero attached hydrogens (tertiary/aromatic N) is 4. The van der Waals surface area contributed by atoms with E-state index < -0.39 is 5.82 Å². The lowest BCUT2D eigenvalue weighted by molar-refractivity contribution is -0.125. The number of amides is 1. The van der Waals surface area contributed by atoms with Gasteiger partial charge in [-0.2, -0.15) is 4.39 Å². The average Bonchev–Trinajstić information content (AvgIpc) is 3.58. The SMILES string of the molecule is C=CC(=O)N1CC[C@@H](c2nc(-c3ccc(Oc4cccc(OC)c4F)cc3)c3cncc(OC4CCC4)n23)C1. The van der Waals surface area contributed by atoms with Gasteiger partial charge in [-0.1, -0.05) is 12.6 Å². The molecule has 3 heterocycles. The molecule has 0 radical (unpaired) electrons. The Morgan fingerprint density at radius 3 is 2.62 bits per heavy atom. The molecular weight excluding hydrogens is 499 g/mol. The molecule has 0 N–H and O–H groups in total. The van der Waals surface area contributed by atoms with Crippen LogP contribution in [0.2, 0.25) is 0 Å². The van der Waals surface area contributed by atoms with Crippen molar-refractivity contribution in [3.8, 4) is 34.4 Å². The van der Waals surface area contributed by atoms with E-state index in [0.29, 0.717) is 24.7 Å². The van der Waals surface area contributed by atoms with Crippen LogP contribution in [0.5, 0.6) is 23.1 Å². The van der Waals surface area contributed by atoms with Crippen LogP contribution in [0.1, 0.15) is 37.4 Å². The van der Waals surface area contributed by atoms with Crippen molar-refractivity contribution in [2.75, 3.05) is 20.2 Å². The van der Waals surface area contributed by atoms with E-state index in [1.54, 1.807) is 47.6 Å². The summed E-state index contributed by atoms with van der Waals surface area (Å²) in [7, 11) is 1.42. The predicted molar refractivity (Wildman–Crippen MR) is 144 cm³/mol. The molecule has 2 aromatic heterocycles. The predicted octanol–water partition coefficient (Wildman–Crippen LogP) is 5.77. The molecule has 1 atom stereocenters. The largest absolute Gasteiger partial charge is 0.494 e. The Hall–Kier alpha value is -4.40. The van der Waals surface area contributed by atoms with E-state index in [2.05, 4.69) is 11.6 Å². The van der Waals surface area contributed by atoms with Crippen molar-refractivity contribution < 1.29 is 23.4 Å². The van der Waals surface area contributed by atoms with Gasteiger partial charge in [-0.15, -0.1) is 0 Å². The first-order chi connectivity index (χ1) is 19.1. The first-order valence-corrected chi connectivity index (χ1v) is 13.1. The molecule has 1 amide bonds. The van der Waals surface area contributed by atoms with E-state index in [1.807, 2.05) is 16.5 Å². The second kappa shape index (κ2) is 10.4. The molecule has 4 aromatic rings. The summed E-state index contributed by atoms with van der Waals surface area (Å²) >= 11 is 0. The van der Waals surface area contributed by atoms with Gasteiger partial charge in [0, 0.05) is 24.6 Å². The lowest BCUT2D eigenvalue weighted by atomic mass is 9.96. The van der Waals surface area contributed by atoms with Crippen molar-refractivity contribution in [3.63, 3.8) is 0 Å². The third-order valence-electron chi connectivity index (χ3n) is 7.42.